The fraction of sp³-hybridized carbons (Fsp3) is 0.412. The molecular formula is C17H24N4OS. The normalized spacial score (nSPS) is 10.8. The van der Waals surface area contributed by atoms with Gasteiger partial charge < -0.3 is 10.6 Å². The summed E-state index contributed by atoms with van der Waals surface area (Å²) in [5.41, 5.74) is 3.25. The van der Waals surface area contributed by atoms with Crippen LogP contribution in [0.4, 0.5) is 10.8 Å². The van der Waals surface area contributed by atoms with Gasteiger partial charge in [-0.3, -0.25) is 9.69 Å². The first kappa shape index (κ1) is 17.4. The molecule has 124 valence electrons. The minimum absolute atomic E-state index is 0.0579. The molecule has 1 aromatic carbocycles. The number of hydrogen-bond acceptors (Lipinski definition) is 5. The zero-order chi connectivity index (χ0) is 16.7. The van der Waals surface area contributed by atoms with Gasteiger partial charge in [-0.25, -0.2) is 4.98 Å². The number of anilines is 2. The molecule has 0 saturated carbocycles. The summed E-state index contributed by atoms with van der Waals surface area (Å²) in [7, 11) is 0. The van der Waals surface area contributed by atoms with E-state index in [-0.39, 0.29) is 5.91 Å². The third-order valence-corrected chi connectivity index (χ3v) is 4.24. The SMILES string of the molecule is CCNC(=O)CN(CC)Cc1csc(Nc2ccc(C)cc2)n1. The second-order valence-corrected chi connectivity index (χ2v) is 6.25. The monoisotopic (exact) mass is 332 g/mol. The maximum atomic E-state index is 11.7. The van der Waals surface area contributed by atoms with Gasteiger partial charge in [-0.1, -0.05) is 24.6 Å². The molecule has 6 heteroatoms. The van der Waals surface area contributed by atoms with Gasteiger partial charge >= 0.3 is 0 Å². The van der Waals surface area contributed by atoms with Crippen molar-refractivity contribution in [2.75, 3.05) is 25.0 Å². The first-order chi connectivity index (χ1) is 11.1. The standard InChI is InChI=1S/C17H24N4OS/c1-4-18-16(22)11-21(5-2)10-15-12-23-17(20-15)19-14-8-6-13(3)7-9-14/h6-9,12H,4-5,10-11H2,1-3H3,(H,18,22)(H,19,20). The Labute approximate surface area is 141 Å². The van der Waals surface area contributed by atoms with Crippen LogP contribution in [0.5, 0.6) is 0 Å². The van der Waals surface area contributed by atoms with E-state index >= 15 is 0 Å². The highest BCUT2D eigenvalue weighted by Crippen LogP contribution is 2.21. The molecule has 0 aliphatic rings. The van der Waals surface area contributed by atoms with E-state index in [0.29, 0.717) is 19.6 Å². The lowest BCUT2D eigenvalue weighted by molar-refractivity contribution is -0.122. The highest BCUT2D eigenvalue weighted by molar-refractivity contribution is 7.13. The van der Waals surface area contributed by atoms with E-state index in [1.807, 2.05) is 24.4 Å². The minimum Gasteiger partial charge on any atom is -0.355 e. The van der Waals surface area contributed by atoms with Crippen molar-refractivity contribution >= 4 is 28.1 Å². The molecule has 2 aromatic rings. The highest BCUT2D eigenvalue weighted by Gasteiger charge is 2.11. The van der Waals surface area contributed by atoms with Crippen LogP contribution in [0.15, 0.2) is 29.6 Å². The number of nitrogens with zero attached hydrogens (tertiary/aromatic N) is 2. The zero-order valence-corrected chi connectivity index (χ0v) is 14.7. The number of rotatable bonds is 8. The molecular weight excluding hydrogens is 308 g/mol. The second kappa shape index (κ2) is 8.64. The fourth-order valence-electron chi connectivity index (χ4n) is 2.16. The number of aromatic nitrogens is 1. The van der Waals surface area contributed by atoms with Gasteiger partial charge in [0.1, 0.15) is 0 Å². The molecule has 23 heavy (non-hydrogen) atoms. The molecule has 1 heterocycles. The van der Waals surface area contributed by atoms with E-state index < -0.39 is 0 Å². The Morgan fingerprint density at radius 2 is 2.00 bits per heavy atom. The van der Waals surface area contributed by atoms with E-state index in [1.54, 1.807) is 11.3 Å². The number of benzene rings is 1. The van der Waals surface area contributed by atoms with Crippen LogP contribution < -0.4 is 10.6 Å². The van der Waals surface area contributed by atoms with E-state index in [4.69, 9.17) is 0 Å². The molecule has 0 aliphatic heterocycles. The van der Waals surface area contributed by atoms with Gasteiger partial charge in [0.05, 0.1) is 12.2 Å². The third-order valence-electron chi connectivity index (χ3n) is 3.43. The van der Waals surface area contributed by atoms with Crippen LogP contribution in [-0.2, 0) is 11.3 Å². The van der Waals surface area contributed by atoms with E-state index in [2.05, 4.69) is 46.5 Å². The maximum absolute atomic E-state index is 11.7. The Morgan fingerprint density at radius 1 is 1.26 bits per heavy atom. The van der Waals surface area contributed by atoms with Gasteiger partial charge in [0.2, 0.25) is 5.91 Å². The number of likely N-dealkylation sites (N-methyl/N-ethyl adjacent to an activating group) is 2. The largest absolute Gasteiger partial charge is 0.355 e. The van der Waals surface area contributed by atoms with Gasteiger partial charge in [0.25, 0.3) is 0 Å². The average molecular weight is 332 g/mol. The predicted octanol–water partition coefficient (Wildman–Crippen LogP) is 3.15. The molecule has 1 amide bonds. The van der Waals surface area contributed by atoms with Crippen LogP contribution in [0, 0.1) is 6.92 Å². The summed E-state index contributed by atoms with van der Waals surface area (Å²) in [6.07, 6.45) is 0. The number of carbonyl (C=O) groups is 1. The summed E-state index contributed by atoms with van der Waals surface area (Å²) in [6, 6.07) is 8.23. The van der Waals surface area contributed by atoms with Crippen molar-refractivity contribution in [3.63, 3.8) is 0 Å². The van der Waals surface area contributed by atoms with Crippen molar-refractivity contribution in [1.29, 1.82) is 0 Å². The van der Waals surface area contributed by atoms with E-state index in [9.17, 15) is 4.79 Å². The summed E-state index contributed by atoms with van der Waals surface area (Å²) >= 11 is 1.58. The molecule has 0 aliphatic carbocycles. The average Bonchev–Trinajstić information content (AvgIpc) is 2.96. The molecule has 1 aromatic heterocycles. The smallest absolute Gasteiger partial charge is 0.234 e. The minimum atomic E-state index is 0.0579. The summed E-state index contributed by atoms with van der Waals surface area (Å²) in [5, 5.41) is 9.05. The Kier molecular flexibility index (Phi) is 6.55. The van der Waals surface area contributed by atoms with Crippen molar-refractivity contribution in [3.05, 3.63) is 40.9 Å². The number of amides is 1. The van der Waals surface area contributed by atoms with E-state index in [1.165, 1.54) is 5.56 Å². The first-order valence-corrected chi connectivity index (χ1v) is 8.75. The summed E-state index contributed by atoms with van der Waals surface area (Å²) in [4.78, 5) is 18.4. The van der Waals surface area contributed by atoms with Crippen LogP contribution in [0.3, 0.4) is 0 Å². The zero-order valence-electron chi connectivity index (χ0n) is 13.9. The molecule has 2 rings (SSSR count). The van der Waals surface area contributed by atoms with Gasteiger partial charge in [-0.05, 0) is 32.5 Å². The summed E-state index contributed by atoms with van der Waals surface area (Å²) in [5.74, 6) is 0.0579. The predicted molar refractivity (Wildman–Crippen MR) is 96.2 cm³/mol. The summed E-state index contributed by atoms with van der Waals surface area (Å²) in [6.45, 7) is 8.61. The van der Waals surface area contributed by atoms with Crippen LogP contribution in [0.25, 0.3) is 0 Å². The molecule has 2 N–H and O–H groups in total. The van der Waals surface area contributed by atoms with Crippen molar-refractivity contribution in [1.82, 2.24) is 15.2 Å². The lowest BCUT2D eigenvalue weighted by Crippen LogP contribution is -2.36. The van der Waals surface area contributed by atoms with E-state index in [0.717, 1.165) is 23.1 Å². The van der Waals surface area contributed by atoms with Crippen molar-refractivity contribution in [3.8, 4) is 0 Å². The number of thiazole rings is 1. The van der Waals surface area contributed by atoms with Crippen LogP contribution in [-0.4, -0.2) is 35.4 Å². The third kappa shape index (κ3) is 5.65. The van der Waals surface area contributed by atoms with Crippen molar-refractivity contribution < 1.29 is 4.79 Å². The molecule has 5 nitrogen and oxygen atoms in total. The topological polar surface area (TPSA) is 57.3 Å². The molecule has 0 bridgehead atoms. The Bertz CT molecular complexity index is 624. The molecule has 0 radical (unpaired) electrons. The number of nitrogens with one attached hydrogen (secondary N) is 2. The molecule has 0 saturated heterocycles. The fourth-order valence-corrected chi connectivity index (χ4v) is 2.88. The quantitative estimate of drug-likeness (QED) is 0.780. The van der Waals surface area contributed by atoms with Gasteiger partial charge in [-0.15, -0.1) is 11.3 Å². The van der Waals surface area contributed by atoms with Crippen LogP contribution in [0.2, 0.25) is 0 Å². The Hall–Kier alpha value is -1.92. The highest BCUT2D eigenvalue weighted by atomic mass is 32.1. The van der Waals surface area contributed by atoms with Gasteiger partial charge in [0, 0.05) is 24.2 Å². The first-order valence-electron chi connectivity index (χ1n) is 7.87. The number of hydrogen-bond donors (Lipinski definition) is 2. The van der Waals surface area contributed by atoms with Gasteiger partial charge in [0.15, 0.2) is 5.13 Å². The lowest BCUT2D eigenvalue weighted by Gasteiger charge is -2.18. The van der Waals surface area contributed by atoms with Crippen molar-refractivity contribution in [2.24, 2.45) is 0 Å². The Morgan fingerprint density at radius 3 is 2.65 bits per heavy atom. The number of carbonyl (C=O) groups excluding carboxylic acids is 1. The number of aryl methyl sites for hydroxylation is 1. The summed E-state index contributed by atoms with van der Waals surface area (Å²) < 4.78 is 0. The molecule has 0 fully saturated rings. The second-order valence-electron chi connectivity index (χ2n) is 5.39. The van der Waals surface area contributed by atoms with Gasteiger partial charge in [-0.2, -0.15) is 0 Å². The lowest BCUT2D eigenvalue weighted by atomic mass is 10.2. The molecule has 0 spiro atoms. The maximum Gasteiger partial charge on any atom is 0.234 e. The van der Waals surface area contributed by atoms with Crippen LogP contribution >= 0.6 is 11.3 Å². The van der Waals surface area contributed by atoms with Crippen molar-refractivity contribution in [2.45, 2.75) is 27.3 Å². The Balaban J connectivity index is 1.92. The van der Waals surface area contributed by atoms with Crippen LogP contribution in [0.1, 0.15) is 25.1 Å². The molecule has 0 atom stereocenters. The molecule has 0 unspecified atom stereocenters.